The minimum Gasteiger partial charge on any atom is -0.481 e. The van der Waals surface area contributed by atoms with Gasteiger partial charge in [0.15, 0.2) is 11.5 Å². The summed E-state index contributed by atoms with van der Waals surface area (Å²) in [6, 6.07) is 6.99. The summed E-state index contributed by atoms with van der Waals surface area (Å²) in [5.74, 6) is 1.96. The minimum absolute atomic E-state index is 0.122. The van der Waals surface area contributed by atoms with Crippen LogP contribution in [-0.4, -0.2) is 37.2 Å². The largest absolute Gasteiger partial charge is 0.481 e. The third kappa shape index (κ3) is 3.66. The molecule has 0 amide bonds. The predicted molar refractivity (Wildman–Crippen MR) is 101 cm³/mol. The van der Waals surface area contributed by atoms with Gasteiger partial charge in [0.25, 0.3) is 0 Å². The number of fused-ring (bicyclic) bond motifs is 1. The Labute approximate surface area is 160 Å². The standard InChI is InChI=1S/C20H17N5O3/c1-13-22-10-16(11-23-13)28-15-9-17(20-21-6-7-25(20)12-15)18(26)8-14-4-3-5-19(24-14)27-2/h3-7,9-12H,8H2,1-2H3. The molecule has 8 heteroatoms. The second-order valence-corrected chi connectivity index (χ2v) is 6.09. The van der Waals surface area contributed by atoms with Gasteiger partial charge in [-0.05, 0) is 19.1 Å². The van der Waals surface area contributed by atoms with Crippen LogP contribution < -0.4 is 9.47 Å². The monoisotopic (exact) mass is 375 g/mol. The van der Waals surface area contributed by atoms with Gasteiger partial charge in [0.05, 0.1) is 43.4 Å². The van der Waals surface area contributed by atoms with Crippen LogP contribution in [0.5, 0.6) is 17.4 Å². The topological polar surface area (TPSA) is 91.5 Å². The van der Waals surface area contributed by atoms with Crippen molar-refractivity contribution in [1.29, 1.82) is 0 Å². The first-order chi connectivity index (χ1) is 13.6. The lowest BCUT2D eigenvalue weighted by atomic mass is 10.1. The number of ketones is 1. The van der Waals surface area contributed by atoms with Gasteiger partial charge >= 0.3 is 0 Å². The molecule has 0 aliphatic heterocycles. The number of pyridine rings is 2. The summed E-state index contributed by atoms with van der Waals surface area (Å²) in [6.45, 7) is 1.80. The molecule has 0 fully saturated rings. The molecule has 0 atom stereocenters. The van der Waals surface area contributed by atoms with Gasteiger partial charge in [-0.25, -0.2) is 19.9 Å². The van der Waals surface area contributed by atoms with E-state index in [1.54, 1.807) is 66.6 Å². The van der Waals surface area contributed by atoms with Crippen LogP contribution in [0.3, 0.4) is 0 Å². The van der Waals surface area contributed by atoms with Crippen LogP contribution in [0, 0.1) is 6.92 Å². The van der Waals surface area contributed by atoms with Crippen molar-refractivity contribution < 1.29 is 14.3 Å². The van der Waals surface area contributed by atoms with Gasteiger partial charge in [0, 0.05) is 18.5 Å². The molecule has 0 aliphatic rings. The van der Waals surface area contributed by atoms with Crippen LogP contribution in [0.2, 0.25) is 0 Å². The number of aryl methyl sites for hydroxylation is 1. The third-order valence-corrected chi connectivity index (χ3v) is 4.09. The number of nitrogens with zero attached hydrogens (tertiary/aromatic N) is 5. The smallest absolute Gasteiger partial charge is 0.213 e. The Morgan fingerprint density at radius 1 is 1.14 bits per heavy atom. The van der Waals surface area contributed by atoms with Gasteiger partial charge in [-0.15, -0.1) is 0 Å². The van der Waals surface area contributed by atoms with Gasteiger partial charge in [-0.1, -0.05) is 6.07 Å². The Morgan fingerprint density at radius 3 is 2.75 bits per heavy atom. The van der Waals surface area contributed by atoms with Gasteiger partial charge in [0.2, 0.25) is 5.88 Å². The SMILES string of the molecule is COc1cccc(CC(=O)c2cc(Oc3cnc(C)nc3)cn3ccnc23)n1. The van der Waals surface area contributed by atoms with Crippen molar-refractivity contribution in [2.24, 2.45) is 0 Å². The van der Waals surface area contributed by atoms with E-state index in [0.717, 1.165) is 0 Å². The van der Waals surface area contributed by atoms with E-state index in [2.05, 4.69) is 19.9 Å². The van der Waals surface area contributed by atoms with Crippen molar-refractivity contribution in [2.75, 3.05) is 7.11 Å². The highest BCUT2D eigenvalue weighted by molar-refractivity contribution is 6.02. The maximum absolute atomic E-state index is 13.0. The highest BCUT2D eigenvalue weighted by atomic mass is 16.5. The molecule has 4 aromatic heterocycles. The Hall–Kier alpha value is -3.81. The van der Waals surface area contributed by atoms with E-state index in [-0.39, 0.29) is 12.2 Å². The molecule has 0 saturated heterocycles. The molecule has 0 N–H and O–H groups in total. The molecule has 8 nitrogen and oxygen atoms in total. The Morgan fingerprint density at radius 2 is 1.96 bits per heavy atom. The van der Waals surface area contributed by atoms with Crippen molar-refractivity contribution in [2.45, 2.75) is 13.3 Å². The molecule has 0 radical (unpaired) electrons. The second-order valence-electron chi connectivity index (χ2n) is 6.09. The first-order valence-electron chi connectivity index (χ1n) is 8.59. The van der Waals surface area contributed by atoms with Crippen LogP contribution in [0.1, 0.15) is 21.9 Å². The van der Waals surface area contributed by atoms with Gasteiger partial charge < -0.3 is 13.9 Å². The molecule has 0 spiro atoms. The van der Waals surface area contributed by atoms with Crippen molar-refractivity contribution in [3.8, 4) is 17.4 Å². The zero-order valence-corrected chi connectivity index (χ0v) is 15.4. The molecule has 4 heterocycles. The van der Waals surface area contributed by atoms with E-state index in [4.69, 9.17) is 9.47 Å². The Kier molecular flexibility index (Phi) is 4.67. The lowest BCUT2D eigenvalue weighted by molar-refractivity contribution is 0.0992. The summed E-state index contributed by atoms with van der Waals surface area (Å²) < 4.78 is 12.7. The number of carbonyl (C=O) groups excluding carboxylic acids is 1. The number of Topliss-reactive ketones (excluding diaryl/α,β-unsaturated/α-hetero) is 1. The number of methoxy groups -OCH3 is 1. The maximum atomic E-state index is 13.0. The fourth-order valence-corrected chi connectivity index (χ4v) is 2.77. The quantitative estimate of drug-likeness (QED) is 0.478. The van der Waals surface area contributed by atoms with Gasteiger partial charge in [-0.2, -0.15) is 0 Å². The molecule has 0 bridgehead atoms. The molecule has 4 aromatic rings. The van der Waals surface area contributed by atoms with Crippen LogP contribution in [0.25, 0.3) is 5.65 Å². The van der Waals surface area contributed by atoms with E-state index in [1.165, 1.54) is 7.11 Å². The lowest BCUT2D eigenvalue weighted by Gasteiger charge is -2.09. The highest BCUT2D eigenvalue weighted by Gasteiger charge is 2.16. The number of ether oxygens (including phenoxy) is 2. The predicted octanol–water partition coefficient (Wildman–Crippen LogP) is 3.05. The fourth-order valence-electron chi connectivity index (χ4n) is 2.77. The summed E-state index contributed by atoms with van der Waals surface area (Å²) in [5, 5.41) is 0. The Balaban J connectivity index is 1.66. The molecular formula is C20H17N5O3. The molecule has 140 valence electrons. The van der Waals surface area contributed by atoms with Crippen molar-refractivity contribution in [3.63, 3.8) is 0 Å². The zero-order chi connectivity index (χ0) is 19.5. The van der Waals surface area contributed by atoms with Crippen molar-refractivity contribution >= 4 is 11.4 Å². The summed E-state index contributed by atoms with van der Waals surface area (Å²) in [7, 11) is 1.54. The summed E-state index contributed by atoms with van der Waals surface area (Å²) in [6.07, 6.45) is 8.44. The normalized spacial score (nSPS) is 10.8. The van der Waals surface area contributed by atoms with E-state index in [9.17, 15) is 4.79 Å². The third-order valence-electron chi connectivity index (χ3n) is 4.09. The number of carbonyl (C=O) groups is 1. The van der Waals surface area contributed by atoms with Crippen LogP contribution in [-0.2, 0) is 6.42 Å². The second kappa shape index (κ2) is 7.43. The first-order valence-corrected chi connectivity index (χ1v) is 8.59. The fraction of sp³-hybridized carbons (Fsp3) is 0.150. The summed E-state index contributed by atoms with van der Waals surface area (Å²) >= 11 is 0. The van der Waals surface area contributed by atoms with Crippen LogP contribution in [0.4, 0.5) is 0 Å². The average molecular weight is 375 g/mol. The number of hydrogen-bond acceptors (Lipinski definition) is 7. The molecule has 0 aliphatic carbocycles. The number of imidazole rings is 1. The molecule has 0 aromatic carbocycles. The number of aromatic nitrogens is 5. The number of hydrogen-bond donors (Lipinski definition) is 0. The van der Waals surface area contributed by atoms with Crippen molar-refractivity contribution in [1.82, 2.24) is 24.3 Å². The average Bonchev–Trinajstić information content (AvgIpc) is 3.18. The van der Waals surface area contributed by atoms with E-state index >= 15 is 0 Å². The molecule has 4 rings (SSSR count). The minimum atomic E-state index is -0.123. The first kappa shape index (κ1) is 17.6. The number of rotatable bonds is 6. The van der Waals surface area contributed by atoms with Gasteiger partial charge in [-0.3, -0.25) is 4.79 Å². The van der Waals surface area contributed by atoms with E-state index in [0.29, 0.717) is 40.1 Å². The Bertz CT molecular complexity index is 1140. The lowest BCUT2D eigenvalue weighted by Crippen LogP contribution is -2.08. The maximum Gasteiger partial charge on any atom is 0.213 e. The highest BCUT2D eigenvalue weighted by Crippen LogP contribution is 2.24. The summed E-state index contributed by atoms with van der Waals surface area (Å²) in [5.41, 5.74) is 1.62. The summed E-state index contributed by atoms with van der Waals surface area (Å²) in [4.78, 5) is 29.8. The molecule has 0 unspecified atom stereocenters. The molecule has 0 saturated carbocycles. The van der Waals surface area contributed by atoms with E-state index < -0.39 is 0 Å². The van der Waals surface area contributed by atoms with Crippen LogP contribution >= 0.6 is 0 Å². The van der Waals surface area contributed by atoms with Crippen molar-refractivity contribution in [3.05, 3.63) is 72.3 Å². The van der Waals surface area contributed by atoms with Crippen LogP contribution in [0.15, 0.2) is 55.2 Å². The molecule has 28 heavy (non-hydrogen) atoms. The van der Waals surface area contributed by atoms with E-state index in [1.807, 2.05) is 0 Å². The molecular weight excluding hydrogens is 358 g/mol. The zero-order valence-electron chi connectivity index (χ0n) is 15.4. The van der Waals surface area contributed by atoms with Gasteiger partial charge in [0.1, 0.15) is 17.2 Å².